The van der Waals surface area contributed by atoms with E-state index in [9.17, 15) is 4.79 Å². The Morgan fingerprint density at radius 1 is 1.17 bits per heavy atom. The van der Waals surface area contributed by atoms with Crippen LogP contribution in [-0.2, 0) is 13.0 Å². The van der Waals surface area contributed by atoms with Gasteiger partial charge in [-0.1, -0.05) is 36.4 Å². The van der Waals surface area contributed by atoms with Crippen molar-refractivity contribution in [2.24, 2.45) is 0 Å². The number of H-pyrrole nitrogens is 1. The third-order valence-electron chi connectivity index (χ3n) is 5.35. The van der Waals surface area contributed by atoms with Gasteiger partial charge in [0.1, 0.15) is 17.5 Å². The summed E-state index contributed by atoms with van der Waals surface area (Å²) in [7, 11) is 0. The lowest BCUT2D eigenvalue weighted by Gasteiger charge is -2.12. The van der Waals surface area contributed by atoms with E-state index in [0.717, 1.165) is 34.6 Å². The number of rotatable bonds is 5. The van der Waals surface area contributed by atoms with Gasteiger partial charge in [0.2, 0.25) is 0 Å². The number of nitrogens with one attached hydrogen (secondary N) is 2. The number of hydrogen-bond acceptors (Lipinski definition) is 4. The number of ether oxygens (including phenoxy) is 1. The minimum absolute atomic E-state index is 0.0952. The van der Waals surface area contributed by atoms with E-state index < -0.39 is 0 Å². The standard InChI is InChI=1S/C23H22N4O2/c1-15-20-12-17(13-24-14-19-11-16-7-5-6-10-21(16)29-19)23(28)25-22(20)27(26-15)18-8-3-2-4-9-18/h2-10,12,19,24H,11,13-14H2,1H3,(H,25,28)/t19-/m0/s1. The van der Waals surface area contributed by atoms with Crippen molar-refractivity contribution in [1.82, 2.24) is 20.1 Å². The van der Waals surface area contributed by atoms with E-state index >= 15 is 0 Å². The molecule has 0 fully saturated rings. The van der Waals surface area contributed by atoms with Crippen LogP contribution < -0.4 is 15.6 Å². The summed E-state index contributed by atoms with van der Waals surface area (Å²) < 4.78 is 7.74. The number of para-hydroxylation sites is 2. The van der Waals surface area contributed by atoms with Crippen LogP contribution in [0.25, 0.3) is 16.7 Å². The molecule has 29 heavy (non-hydrogen) atoms. The monoisotopic (exact) mass is 386 g/mol. The van der Waals surface area contributed by atoms with Gasteiger partial charge < -0.3 is 15.0 Å². The molecule has 2 aromatic heterocycles. The maximum atomic E-state index is 12.7. The third kappa shape index (κ3) is 3.32. The molecule has 0 radical (unpaired) electrons. The first-order valence-corrected chi connectivity index (χ1v) is 9.81. The zero-order valence-corrected chi connectivity index (χ0v) is 16.2. The number of fused-ring (bicyclic) bond motifs is 2. The van der Waals surface area contributed by atoms with Gasteiger partial charge in [0, 0.05) is 30.5 Å². The fourth-order valence-electron chi connectivity index (χ4n) is 3.88. The van der Waals surface area contributed by atoms with Crippen LogP contribution >= 0.6 is 0 Å². The maximum Gasteiger partial charge on any atom is 0.254 e. The average molecular weight is 386 g/mol. The highest BCUT2D eigenvalue weighted by Crippen LogP contribution is 2.27. The summed E-state index contributed by atoms with van der Waals surface area (Å²) in [6, 6.07) is 19.9. The Labute approximate surface area is 168 Å². The Balaban J connectivity index is 1.33. The number of pyridine rings is 1. The number of nitrogens with zero attached hydrogens (tertiary/aromatic N) is 2. The van der Waals surface area contributed by atoms with E-state index in [1.807, 2.05) is 61.5 Å². The third-order valence-corrected chi connectivity index (χ3v) is 5.35. The first-order chi connectivity index (χ1) is 14.2. The van der Waals surface area contributed by atoms with Crippen molar-refractivity contribution in [2.45, 2.75) is 26.0 Å². The van der Waals surface area contributed by atoms with Crippen molar-refractivity contribution in [2.75, 3.05) is 6.54 Å². The lowest BCUT2D eigenvalue weighted by atomic mass is 10.1. The molecule has 5 rings (SSSR count). The minimum Gasteiger partial charge on any atom is -0.488 e. The zero-order valence-electron chi connectivity index (χ0n) is 16.2. The molecule has 4 aromatic rings. The number of aromatic amines is 1. The Morgan fingerprint density at radius 2 is 1.97 bits per heavy atom. The van der Waals surface area contributed by atoms with E-state index in [1.54, 1.807) is 4.68 Å². The van der Waals surface area contributed by atoms with Crippen LogP contribution in [0, 0.1) is 6.92 Å². The fraction of sp³-hybridized carbons (Fsp3) is 0.217. The summed E-state index contributed by atoms with van der Waals surface area (Å²) in [4.78, 5) is 15.7. The molecule has 1 aliphatic rings. The molecule has 1 aliphatic heterocycles. The maximum absolute atomic E-state index is 12.7. The van der Waals surface area contributed by atoms with Crippen LogP contribution in [0.15, 0.2) is 65.5 Å². The van der Waals surface area contributed by atoms with Crippen molar-refractivity contribution in [3.05, 3.63) is 87.8 Å². The van der Waals surface area contributed by atoms with Crippen molar-refractivity contribution in [3.63, 3.8) is 0 Å². The van der Waals surface area contributed by atoms with Crippen LogP contribution in [0.2, 0.25) is 0 Å². The second-order valence-electron chi connectivity index (χ2n) is 7.40. The van der Waals surface area contributed by atoms with Gasteiger partial charge in [-0.3, -0.25) is 4.79 Å². The molecule has 1 atom stereocenters. The number of aromatic nitrogens is 3. The van der Waals surface area contributed by atoms with Gasteiger partial charge >= 0.3 is 0 Å². The van der Waals surface area contributed by atoms with Crippen molar-refractivity contribution in [3.8, 4) is 11.4 Å². The van der Waals surface area contributed by atoms with Crippen molar-refractivity contribution >= 4 is 11.0 Å². The van der Waals surface area contributed by atoms with E-state index in [-0.39, 0.29) is 11.7 Å². The summed E-state index contributed by atoms with van der Waals surface area (Å²) in [5.41, 5.74) is 4.36. The summed E-state index contributed by atoms with van der Waals surface area (Å²) in [5.74, 6) is 0.961. The van der Waals surface area contributed by atoms with Crippen LogP contribution in [0.3, 0.4) is 0 Å². The highest BCUT2D eigenvalue weighted by molar-refractivity contribution is 5.80. The van der Waals surface area contributed by atoms with E-state index in [2.05, 4.69) is 21.5 Å². The predicted octanol–water partition coefficient (Wildman–Crippen LogP) is 3.12. The largest absolute Gasteiger partial charge is 0.488 e. The molecule has 3 heterocycles. The van der Waals surface area contributed by atoms with Crippen LogP contribution in [-0.4, -0.2) is 27.4 Å². The van der Waals surface area contributed by atoms with Gasteiger partial charge in [0.25, 0.3) is 5.56 Å². The second-order valence-corrected chi connectivity index (χ2v) is 7.40. The smallest absolute Gasteiger partial charge is 0.254 e. The highest BCUT2D eigenvalue weighted by Gasteiger charge is 2.22. The van der Waals surface area contributed by atoms with Gasteiger partial charge in [-0.25, -0.2) is 4.68 Å². The molecule has 0 saturated heterocycles. The molecule has 6 heteroatoms. The predicted molar refractivity (Wildman–Crippen MR) is 113 cm³/mol. The van der Waals surface area contributed by atoms with E-state index in [1.165, 1.54) is 5.56 Å². The molecule has 146 valence electrons. The van der Waals surface area contributed by atoms with Gasteiger partial charge in [-0.2, -0.15) is 5.10 Å². The number of hydrogen-bond donors (Lipinski definition) is 2. The van der Waals surface area contributed by atoms with Crippen LogP contribution in [0.4, 0.5) is 0 Å². The first kappa shape index (κ1) is 17.7. The molecule has 0 bridgehead atoms. The Kier molecular flexibility index (Phi) is 4.41. The molecule has 0 unspecified atom stereocenters. The Bertz CT molecular complexity index is 1200. The fourth-order valence-corrected chi connectivity index (χ4v) is 3.88. The lowest BCUT2D eigenvalue weighted by Crippen LogP contribution is -2.31. The lowest BCUT2D eigenvalue weighted by molar-refractivity contribution is 0.227. The molecule has 0 aliphatic carbocycles. The van der Waals surface area contributed by atoms with Crippen LogP contribution in [0.1, 0.15) is 16.8 Å². The van der Waals surface area contributed by atoms with Crippen LogP contribution in [0.5, 0.6) is 5.75 Å². The summed E-state index contributed by atoms with van der Waals surface area (Å²) in [6.07, 6.45) is 0.986. The molecule has 0 amide bonds. The molecule has 6 nitrogen and oxygen atoms in total. The van der Waals surface area contributed by atoms with Crippen molar-refractivity contribution in [1.29, 1.82) is 0 Å². The van der Waals surface area contributed by atoms with Gasteiger partial charge in [0.15, 0.2) is 0 Å². The molecule has 0 spiro atoms. The zero-order chi connectivity index (χ0) is 19.8. The summed E-state index contributed by atoms with van der Waals surface area (Å²) in [5, 5.41) is 8.94. The first-order valence-electron chi connectivity index (χ1n) is 9.81. The molecule has 0 saturated carbocycles. The van der Waals surface area contributed by atoms with E-state index in [4.69, 9.17) is 4.74 Å². The molecular formula is C23H22N4O2. The molecular weight excluding hydrogens is 364 g/mol. The number of aryl methyl sites for hydroxylation is 1. The molecule has 2 N–H and O–H groups in total. The van der Waals surface area contributed by atoms with Crippen molar-refractivity contribution < 1.29 is 4.74 Å². The van der Waals surface area contributed by atoms with Gasteiger partial charge in [-0.05, 0) is 36.8 Å². The van der Waals surface area contributed by atoms with Gasteiger partial charge in [0.05, 0.1) is 11.4 Å². The normalized spacial score (nSPS) is 15.4. The Morgan fingerprint density at radius 3 is 2.79 bits per heavy atom. The minimum atomic E-state index is -0.0993. The highest BCUT2D eigenvalue weighted by atomic mass is 16.5. The molecule has 2 aromatic carbocycles. The van der Waals surface area contributed by atoms with Gasteiger partial charge in [-0.15, -0.1) is 0 Å². The SMILES string of the molecule is Cc1nn(-c2ccccc2)c2[nH]c(=O)c(CNC[C@@H]3Cc4ccccc4O3)cc12. The van der Waals surface area contributed by atoms with E-state index in [0.29, 0.717) is 18.7 Å². The second kappa shape index (κ2) is 7.22. The summed E-state index contributed by atoms with van der Waals surface area (Å²) >= 11 is 0. The quantitative estimate of drug-likeness (QED) is 0.553. The summed E-state index contributed by atoms with van der Waals surface area (Å²) in [6.45, 7) is 3.13. The Hall–Kier alpha value is -3.38. The average Bonchev–Trinajstić information content (AvgIpc) is 3.29. The topological polar surface area (TPSA) is 71.9 Å². The number of benzene rings is 2.